The van der Waals surface area contributed by atoms with Crippen molar-refractivity contribution in [1.82, 2.24) is 15.5 Å². The first-order valence-electron chi connectivity index (χ1n) is 7.32. The molecule has 1 fully saturated rings. The molecule has 2 aromatic rings. The van der Waals surface area contributed by atoms with Crippen molar-refractivity contribution in [3.63, 3.8) is 0 Å². The minimum absolute atomic E-state index is 0.00699. The number of alkyl halides is 3. The van der Waals surface area contributed by atoms with Gasteiger partial charge in [0.2, 0.25) is 11.7 Å². The lowest BCUT2D eigenvalue weighted by Crippen LogP contribution is -2.34. The van der Waals surface area contributed by atoms with Crippen molar-refractivity contribution in [2.24, 2.45) is 5.92 Å². The molecule has 1 aliphatic rings. The van der Waals surface area contributed by atoms with Crippen LogP contribution in [0.4, 0.5) is 17.6 Å². The number of nitrogens with one attached hydrogen (secondary N) is 1. The average molecular weight is 343 g/mol. The molecule has 128 valence electrons. The summed E-state index contributed by atoms with van der Waals surface area (Å²) in [5.74, 6) is -2.63. The van der Waals surface area contributed by atoms with Crippen LogP contribution >= 0.6 is 0 Å². The SMILES string of the molecule is O=C(NCc1ccc(-c2noc(C(F)(F)F)n2)cc1F)C1CCC1. The van der Waals surface area contributed by atoms with Crippen molar-refractivity contribution in [3.8, 4) is 11.4 Å². The van der Waals surface area contributed by atoms with Crippen LogP contribution in [0.2, 0.25) is 0 Å². The first-order valence-corrected chi connectivity index (χ1v) is 7.32. The molecule has 3 rings (SSSR count). The van der Waals surface area contributed by atoms with Gasteiger partial charge in [-0.1, -0.05) is 23.7 Å². The first-order chi connectivity index (χ1) is 11.3. The molecule has 9 heteroatoms. The highest BCUT2D eigenvalue weighted by Crippen LogP contribution is 2.30. The Kier molecular flexibility index (Phi) is 4.25. The number of aromatic nitrogens is 2. The minimum atomic E-state index is -4.75. The molecule has 0 unspecified atom stereocenters. The molecule has 5 nitrogen and oxygen atoms in total. The zero-order valence-electron chi connectivity index (χ0n) is 12.4. The maximum absolute atomic E-state index is 14.1. The predicted octanol–water partition coefficient (Wildman–Crippen LogP) is 3.31. The van der Waals surface area contributed by atoms with E-state index in [0.717, 1.165) is 25.3 Å². The van der Waals surface area contributed by atoms with Gasteiger partial charge < -0.3 is 9.84 Å². The molecule has 1 aromatic heterocycles. The Balaban J connectivity index is 1.70. The van der Waals surface area contributed by atoms with Crippen molar-refractivity contribution in [1.29, 1.82) is 0 Å². The lowest BCUT2D eigenvalue weighted by molar-refractivity contribution is -0.159. The molecule has 0 saturated heterocycles. The third-order valence-electron chi connectivity index (χ3n) is 3.91. The van der Waals surface area contributed by atoms with E-state index in [2.05, 4.69) is 20.0 Å². The summed E-state index contributed by atoms with van der Waals surface area (Å²) in [6.07, 6.45) is -2.06. The summed E-state index contributed by atoms with van der Waals surface area (Å²) in [5.41, 5.74) is 0.284. The highest BCUT2D eigenvalue weighted by Gasteiger charge is 2.38. The van der Waals surface area contributed by atoms with Crippen LogP contribution in [0.5, 0.6) is 0 Å². The minimum Gasteiger partial charge on any atom is -0.352 e. The predicted molar refractivity (Wildman–Crippen MR) is 73.9 cm³/mol. The van der Waals surface area contributed by atoms with Gasteiger partial charge in [-0.3, -0.25) is 4.79 Å². The van der Waals surface area contributed by atoms with Crippen molar-refractivity contribution >= 4 is 5.91 Å². The largest absolute Gasteiger partial charge is 0.471 e. The standard InChI is InChI=1S/C15H13F4N3O2/c16-11-6-9(12-21-14(24-22-12)15(17,18)19)4-5-10(11)7-20-13(23)8-2-1-3-8/h4-6,8H,1-3,7H2,(H,20,23). The fourth-order valence-electron chi connectivity index (χ4n) is 2.28. The van der Waals surface area contributed by atoms with Gasteiger partial charge in [0, 0.05) is 23.6 Å². The molecule has 0 radical (unpaired) electrons. The van der Waals surface area contributed by atoms with E-state index in [-0.39, 0.29) is 35.3 Å². The molecular formula is C15H13F4N3O2. The third-order valence-corrected chi connectivity index (χ3v) is 3.91. The topological polar surface area (TPSA) is 68.0 Å². The molecule has 0 atom stereocenters. The number of amides is 1. The molecule has 0 spiro atoms. The van der Waals surface area contributed by atoms with Gasteiger partial charge in [0.1, 0.15) is 5.82 Å². The number of hydrogen-bond acceptors (Lipinski definition) is 4. The molecule has 1 aromatic carbocycles. The van der Waals surface area contributed by atoms with E-state index in [0.29, 0.717) is 0 Å². The maximum Gasteiger partial charge on any atom is 0.471 e. The monoisotopic (exact) mass is 343 g/mol. The Hall–Kier alpha value is -2.45. The van der Waals surface area contributed by atoms with E-state index in [1.54, 1.807) is 0 Å². The highest BCUT2D eigenvalue weighted by atomic mass is 19.4. The van der Waals surface area contributed by atoms with Crippen LogP contribution in [0, 0.1) is 11.7 Å². The number of carbonyl (C=O) groups is 1. The molecule has 1 N–H and O–H groups in total. The summed E-state index contributed by atoms with van der Waals surface area (Å²) in [4.78, 5) is 14.9. The normalized spacial score (nSPS) is 15.2. The fourth-order valence-corrected chi connectivity index (χ4v) is 2.28. The number of nitrogens with zero attached hydrogens (tertiary/aromatic N) is 2. The molecule has 1 amide bonds. The summed E-state index contributed by atoms with van der Waals surface area (Å²) in [6.45, 7) is 0.0154. The van der Waals surface area contributed by atoms with Gasteiger partial charge in [0.15, 0.2) is 0 Å². The zero-order chi connectivity index (χ0) is 17.3. The van der Waals surface area contributed by atoms with Gasteiger partial charge in [0.05, 0.1) is 0 Å². The Bertz CT molecular complexity index is 753. The van der Waals surface area contributed by atoms with E-state index >= 15 is 0 Å². The summed E-state index contributed by atoms with van der Waals surface area (Å²) >= 11 is 0. The summed E-state index contributed by atoms with van der Waals surface area (Å²) in [6, 6.07) is 3.75. The van der Waals surface area contributed by atoms with E-state index in [1.807, 2.05) is 0 Å². The quantitative estimate of drug-likeness (QED) is 0.865. The van der Waals surface area contributed by atoms with Crippen molar-refractivity contribution in [2.45, 2.75) is 32.0 Å². The Morgan fingerprint density at radius 1 is 1.33 bits per heavy atom. The van der Waals surface area contributed by atoms with Gasteiger partial charge >= 0.3 is 12.1 Å². The first kappa shape index (κ1) is 16.4. The van der Waals surface area contributed by atoms with Crippen molar-refractivity contribution in [3.05, 3.63) is 35.5 Å². The Labute approximate surface area is 134 Å². The Morgan fingerprint density at radius 3 is 2.62 bits per heavy atom. The van der Waals surface area contributed by atoms with Crippen LogP contribution in [0.3, 0.4) is 0 Å². The van der Waals surface area contributed by atoms with E-state index < -0.39 is 17.9 Å². The van der Waals surface area contributed by atoms with Crippen molar-refractivity contribution < 1.29 is 26.9 Å². The molecule has 0 bridgehead atoms. The van der Waals surface area contributed by atoms with Crippen LogP contribution in [-0.2, 0) is 17.5 Å². The van der Waals surface area contributed by atoms with E-state index in [9.17, 15) is 22.4 Å². The lowest BCUT2D eigenvalue weighted by atomic mass is 9.85. The van der Waals surface area contributed by atoms with Crippen LogP contribution in [0.15, 0.2) is 22.7 Å². The second kappa shape index (κ2) is 6.21. The van der Waals surface area contributed by atoms with Crippen LogP contribution in [0.1, 0.15) is 30.7 Å². The van der Waals surface area contributed by atoms with Gasteiger partial charge in [-0.2, -0.15) is 18.2 Å². The number of halogens is 4. The van der Waals surface area contributed by atoms with Gasteiger partial charge in [-0.15, -0.1) is 0 Å². The highest BCUT2D eigenvalue weighted by molar-refractivity contribution is 5.79. The Morgan fingerprint density at radius 2 is 2.08 bits per heavy atom. The molecule has 0 aliphatic heterocycles. The van der Waals surface area contributed by atoms with E-state index in [1.165, 1.54) is 12.1 Å². The van der Waals surface area contributed by atoms with Gasteiger partial charge in [-0.05, 0) is 18.9 Å². The molecular weight excluding hydrogens is 330 g/mol. The smallest absolute Gasteiger partial charge is 0.352 e. The van der Waals surface area contributed by atoms with Crippen LogP contribution in [0.25, 0.3) is 11.4 Å². The number of benzene rings is 1. The average Bonchev–Trinajstić information content (AvgIpc) is 2.94. The second-order valence-corrected chi connectivity index (χ2v) is 5.57. The molecule has 1 saturated carbocycles. The van der Waals surface area contributed by atoms with Gasteiger partial charge in [-0.25, -0.2) is 4.39 Å². The number of rotatable bonds is 4. The third kappa shape index (κ3) is 3.39. The number of carbonyl (C=O) groups excluding carboxylic acids is 1. The summed E-state index contributed by atoms with van der Waals surface area (Å²) in [7, 11) is 0. The van der Waals surface area contributed by atoms with Crippen LogP contribution < -0.4 is 5.32 Å². The molecule has 1 heterocycles. The summed E-state index contributed by atoms with van der Waals surface area (Å²) in [5, 5.41) is 5.84. The number of hydrogen-bond donors (Lipinski definition) is 1. The molecule has 1 aliphatic carbocycles. The lowest BCUT2D eigenvalue weighted by Gasteiger charge is -2.24. The van der Waals surface area contributed by atoms with Crippen molar-refractivity contribution in [2.75, 3.05) is 0 Å². The second-order valence-electron chi connectivity index (χ2n) is 5.57. The zero-order valence-corrected chi connectivity index (χ0v) is 12.4. The van der Waals surface area contributed by atoms with E-state index in [4.69, 9.17) is 0 Å². The molecule has 24 heavy (non-hydrogen) atoms. The maximum atomic E-state index is 14.1. The summed E-state index contributed by atoms with van der Waals surface area (Å²) < 4.78 is 55.5. The van der Waals surface area contributed by atoms with Crippen LogP contribution in [-0.4, -0.2) is 16.0 Å². The van der Waals surface area contributed by atoms with Gasteiger partial charge in [0.25, 0.3) is 0 Å². The fraction of sp³-hybridized carbons (Fsp3) is 0.400.